The van der Waals surface area contributed by atoms with Crippen LogP contribution in [0.25, 0.3) is 11.5 Å². The fourth-order valence-electron chi connectivity index (χ4n) is 2.17. The molecule has 0 saturated carbocycles. The number of benzene rings is 2. The number of nitrogens with one attached hydrogen (secondary N) is 1. The van der Waals surface area contributed by atoms with Gasteiger partial charge in [0.05, 0.1) is 16.2 Å². The van der Waals surface area contributed by atoms with Gasteiger partial charge in [-0.15, -0.1) is 5.10 Å². The Morgan fingerprint density at radius 3 is 2.46 bits per heavy atom. The van der Waals surface area contributed by atoms with E-state index in [0.717, 1.165) is 0 Å². The number of rotatable bonds is 5. The van der Waals surface area contributed by atoms with E-state index in [2.05, 4.69) is 31.4 Å². The third-order valence-electron chi connectivity index (χ3n) is 3.60. The number of amides is 1. The van der Waals surface area contributed by atoms with E-state index in [4.69, 9.17) is 4.42 Å². The van der Waals surface area contributed by atoms with Gasteiger partial charge in [0.2, 0.25) is 5.89 Å². The van der Waals surface area contributed by atoms with Gasteiger partial charge in [0.1, 0.15) is 0 Å². The number of anilines is 1. The molecule has 1 N–H and O–H groups in total. The highest BCUT2D eigenvalue weighted by Gasteiger charge is 2.16. The molecule has 26 heavy (non-hydrogen) atoms. The summed E-state index contributed by atoms with van der Waals surface area (Å²) in [5.41, 5.74) is 0.982. The topological polar surface area (TPSA) is 102 Å². The number of hydrogen-bond donors (Lipinski definition) is 1. The number of nitrogens with zero attached hydrogens (tertiary/aromatic N) is 2. The standard InChI is InChI=1S/C17H14BrN3O4S/c1-2-26(23,24)12-9-7-11(8-10-12)16-20-21-17(25-16)19-15(22)13-5-3-4-6-14(13)18/h3-10H,2H2,1H3,(H,19,21,22). The van der Waals surface area contributed by atoms with Gasteiger partial charge in [-0.2, -0.15) is 0 Å². The van der Waals surface area contributed by atoms with Crippen LogP contribution in [0.1, 0.15) is 17.3 Å². The zero-order valence-electron chi connectivity index (χ0n) is 13.6. The van der Waals surface area contributed by atoms with E-state index in [9.17, 15) is 13.2 Å². The van der Waals surface area contributed by atoms with Crippen molar-refractivity contribution in [1.29, 1.82) is 0 Å². The zero-order valence-corrected chi connectivity index (χ0v) is 16.0. The summed E-state index contributed by atoms with van der Waals surface area (Å²) in [6.45, 7) is 1.58. The molecule has 1 heterocycles. The van der Waals surface area contributed by atoms with Crippen molar-refractivity contribution in [3.05, 3.63) is 58.6 Å². The summed E-state index contributed by atoms with van der Waals surface area (Å²) in [6, 6.07) is 13.0. The molecule has 1 aromatic heterocycles. The van der Waals surface area contributed by atoms with Crippen molar-refractivity contribution in [2.24, 2.45) is 0 Å². The maximum atomic E-state index is 12.2. The van der Waals surface area contributed by atoms with E-state index in [1.807, 2.05) is 0 Å². The van der Waals surface area contributed by atoms with E-state index in [-0.39, 0.29) is 22.6 Å². The maximum absolute atomic E-state index is 12.2. The van der Waals surface area contributed by atoms with Crippen LogP contribution in [0.4, 0.5) is 6.01 Å². The van der Waals surface area contributed by atoms with E-state index in [1.54, 1.807) is 43.3 Å². The van der Waals surface area contributed by atoms with Crippen LogP contribution in [-0.4, -0.2) is 30.3 Å². The average Bonchev–Trinajstić information content (AvgIpc) is 3.10. The quantitative estimate of drug-likeness (QED) is 0.657. The Balaban J connectivity index is 1.78. The van der Waals surface area contributed by atoms with Crippen LogP contribution >= 0.6 is 15.9 Å². The fraction of sp³-hybridized carbons (Fsp3) is 0.118. The van der Waals surface area contributed by atoms with Crippen molar-refractivity contribution in [1.82, 2.24) is 10.2 Å². The molecule has 0 unspecified atom stereocenters. The minimum atomic E-state index is -3.27. The van der Waals surface area contributed by atoms with Crippen molar-refractivity contribution in [2.45, 2.75) is 11.8 Å². The van der Waals surface area contributed by atoms with Gasteiger partial charge >= 0.3 is 6.01 Å². The van der Waals surface area contributed by atoms with Gasteiger partial charge in [0.15, 0.2) is 9.84 Å². The van der Waals surface area contributed by atoms with E-state index < -0.39 is 15.7 Å². The largest absolute Gasteiger partial charge is 0.403 e. The maximum Gasteiger partial charge on any atom is 0.322 e. The highest BCUT2D eigenvalue weighted by atomic mass is 79.9. The first-order valence-electron chi connectivity index (χ1n) is 7.63. The first kappa shape index (κ1) is 18.3. The van der Waals surface area contributed by atoms with Crippen molar-refractivity contribution >= 4 is 37.7 Å². The molecule has 0 spiro atoms. The van der Waals surface area contributed by atoms with E-state index in [1.165, 1.54) is 12.1 Å². The van der Waals surface area contributed by atoms with Crippen molar-refractivity contribution in [3.8, 4) is 11.5 Å². The molecular weight excluding hydrogens is 422 g/mol. The second-order valence-corrected chi connectivity index (χ2v) is 8.41. The van der Waals surface area contributed by atoms with Gasteiger partial charge in [0, 0.05) is 10.0 Å². The summed E-state index contributed by atoms with van der Waals surface area (Å²) in [5.74, 6) is -0.192. The molecule has 2 aromatic carbocycles. The monoisotopic (exact) mass is 435 g/mol. The number of halogens is 1. The number of aromatic nitrogens is 2. The first-order chi connectivity index (χ1) is 12.4. The summed E-state index contributed by atoms with van der Waals surface area (Å²) in [7, 11) is -3.27. The summed E-state index contributed by atoms with van der Waals surface area (Å²) < 4.78 is 29.7. The van der Waals surface area contributed by atoms with Gasteiger partial charge in [0.25, 0.3) is 5.91 Å². The minimum absolute atomic E-state index is 0.0259. The predicted octanol–water partition coefficient (Wildman–Crippen LogP) is 3.55. The molecule has 0 fully saturated rings. The summed E-state index contributed by atoms with van der Waals surface area (Å²) in [5, 5.41) is 10.2. The molecule has 9 heteroatoms. The lowest BCUT2D eigenvalue weighted by atomic mass is 10.2. The smallest absolute Gasteiger partial charge is 0.322 e. The molecule has 3 rings (SSSR count). The molecule has 0 aliphatic heterocycles. The molecule has 0 atom stereocenters. The third kappa shape index (κ3) is 3.83. The minimum Gasteiger partial charge on any atom is -0.403 e. The Morgan fingerprint density at radius 1 is 1.12 bits per heavy atom. The second-order valence-electron chi connectivity index (χ2n) is 5.27. The Kier molecular flexibility index (Phi) is 5.19. The Hall–Kier alpha value is -2.52. The number of carbonyl (C=O) groups is 1. The third-order valence-corrected chi connectivity index (χ3v) is 6.05. The average molecular weight is 436 g/mol. The number of sulfone groups is 1. The van der Waals surface area contributed by atoms with Gasteiger partial charge in [-0.25, -0.2) is 8.42 Å². The van der Waals surface area contributed by atoms with Crippen molar-refractivity contribution in [2.75, 3.05) is 11.1 Å². The summed E-state index contributed by atoms with van der Waals surface area (Å²) >= 11 is 3.30. The van der Waals surface area contributed by atoms with Crippen LogP contribution in [0.3, 0.4) is 0 Å². The van der Waals surface area contributed by atoms with Crippen LogP contribution in [0.2, 0.25) is 0 Å². The van der Waals surface area contributed by atoms with E-state index >= 15 is 0 Å². The molecule has 3 aromatic rings. The molecule has 0 saturated heterocycles. The van der Waals surface area contributed by atoms with E-state index in [0.29, 0.717) is 15.6 Å². The Bertz CT molecular complexity index is 1050. The Labute approximate surface area is 158 Å². The van der Waals surface area contributed by atoms with Crippen LogP contribution in [0, 0.1) is 0 Å². The van der Waals surface area contributed by atoms with Gasteiger partial charge in [-0.3, -0.25) is 10.1 Å². The SMILES string of the molecule is CCS(=O)(=O)c1ccc(-c2nnc(NC(=O)c3ccccc3Br)o2)cc1. The van der Waals surface area contributed by atoms with Crippen molar-refractivity contribution in [3.63, 3.8) is 0 Å². The molecule has 1 amide bonds. The molecule has 134 valence electrons. The summed E-state index contributed by atoms with van der Waals surface area (Å²) in [4.78, 5) is 12.5. The lowest BCUT2D eigenvalue weighted by Crippen LogP contribution is -2.12. The fourth-order valence-corrected chi connectivity index (χ4v) is 3.52. The second kappa shape index (κ2) is 7.38. The highest BCUT2D eigenvalue weighted by Crippen LogP contribution is 2.23. The molecule has 0 bridgehead atoms. The summed E-state index contributed by atoms with van der Waals surface area (Å²) in [6.07, 6.45) is 0. The molecular formula is C17H14BrN3O4S. The van der Waals surface area contributed by atoms with Crippen LogP contribution in [-0.2, 0) is 9.84 Å². The van der Waals surface area contributed by atoms with Gasteiger partial charge in [-0.05, 0) is 52.3 Å². The van der Waals surface area contributed by atoms with Crippen LogP contribution in [0.15, 0.2) is 62.3 Å². The molecule has 0 aliphatic carbocycles. The Morgan fingerprint density at radius 2 is 1.81 bits per heavy atom. The number of carbonyl (C=O) groups excluding carboxylic acids is 1. The highest BCUT2D eigenvalue weighted by molar-refractivity contribution is 9.10. The van der Waals surface area contributed by atoms with Gasteiger partial charge in [-0.1, -0.05) is 24.2 Å². The normalized spacial score (nSPS) is 11.3. The predicted molar refractivity (Wildman–Crippen MR) is 99.6 cm³/mol. The lowest BCUT2D eigenvalue weighted by molar-refractivity contribution is 0.102. The van der Waals surface area contributed by atoms with Crippen LogP contribution < -0.4 is 5.32 Å². The number of hydrogen-bond acceptors (Lipinski definition) is 6. The zero-order chi connectivity index (χ0) is 18.7. The molecule has 7 nitrogen and oxygen atoms in total. The van der Waals surface area contributed by atoms with Gasteiger partial charge < -0.3 is 4.42 Å². The van der Waals surface area contributed by atoms with Crippen molar-refractivity contribution < 1.29 is 17.6 Å². The lowest BCUT2D eigenvalue weighted by Gasteiger charge is -2.03. The van der Waals surface area contributed by atoms with Crippen LogP contribution in [0.5, 0.6) is 0 Å². The first-order valence-corrected chi connectivity index (χ1v) is 10.1. The molecule has 0 aliphatic rings. The molecule has 0 radical (unpaired) electrons.